The first kappa shape index (κ1) is 46.1. The van der Waals surface area contributed by atoms with Crippen LogP contribution >= 0.6 is 0 Å². The van der Waals surface area contributed by atoms with Crippen molar-refractivity contribution in [3.8, 4) is 11.5 Å². The molecule has 21 heteroatoms. The average molecular weight is 864 g/mol. The zero-order chi connectivity index (χ0) is 43.4. The molecule has 4 rings (SSSR count). The minimum Gasteiger partial charge on any atom is -0.497 e. The standard InChI is InChI=1S/C38H49N5O14S2/c1-38(2,3)56-35(45)39-20-30(57-58(6,48)49)22-42(59(50,51)41-37(47)55-25-27-15-11-8-12-16-27)23-31-33(40-36(46)54-24-26-13-9-7-10-14-26)34(44)43(31)21-28-17-18-29(52-4)19-32(28)53-5/h7-19,30-31,33H,20-25H2,1-6H3,(H,39,45)(H,40,46)(H,41,47)/t30-,31+,33-/m0/s1. The van der Waals surface area contributed by atoms with Crippen molar-refractivity contribution in [2.75, 3.05) is 40.1 Å². The van der Waals surface area contributed by atoms with Gasteiger partial charge in [-0.3, -0.25) is 8.98 Å². The number of benzene rings is 3. The summed E-state index contributed by atoms with van der Waals surface area (Å²) in [5.74, 6) is 0.154. The lowest BCUT2D eigenvalue weighted by atomic mass is 9.93. The van der Waals surface area contributed by atoms with Crippen molar-refractivity contribution >= 4 is 44.5 Å². The lowest BCUT2D eigenvalue weighted by Crippen LogP contribution is -2.73. The number of β-lactam (4-membered cyclic amide) rings is 1. The van der Waals surface area contributed by atoms with Crippen molar-refractivity contribution in [2.45, 2.75) is 64.3 Å². The van der Waals surface area contributed by atoms with E-state index >= 15 is 0 Å². The molecule has 1 saturated heterocycles. The zero-order valence-corrected chi connectivity index (χ0v) is 35.0. The summed E-state index contributed by atoms with van der Waals surface area (Å²) in [6.45, 7) is 2.14. The molecule has 0 aromatic heterocycles. The van der Waals surface area contributed by atoms with Gasteiger partial charge in [0.05, 0.1) is 26.5 Å². The monoisotopic (exact) mass is 863 g/mol. The van der Waals surface area contributed by atoms with Crippen LogP contribution in [0.25, 0.3) is 0 Å². The van der Waals surface area contributed by atoms with E-state index in [-0.39, 0.29) is 19.8 Å². The van der Waals surface area contributed by atoms with E-state index in [1.54, 1.807) is 99.6 Å². The highest BCUT2D eigenvalue weighted by molar-refractivity contribution is 7.87. The van der Waals surface area contributed by atoms with Gasteiger partial charge in [-0.1, -0.05) is 60.7 Å². The Morgan fingerprint density at radius 3 is 1.97 bits per heavy atom. The molecule has 0 spiro atoms. The molecular weight excluding hydrogens is 815 g/mol. The molecule has 0 saturated carbocycles. The molecule has 3 N–H and O–H groups in total. The largest absolute Gasteiger partial charge is 0.497 e. The van der Waals surface area contributed by atoms with Gasteiger partial charge in [0, 0.05) is 37.8 Å². The van der Waals surface area contributed by atoms with Crippen LogP contribution in [0.2, 0.25) is 0 Å². The Labute approximate surface area is 343 Å². The molecule has 1 aliphatic rings. The Bertz CT molecular complexity index is 2140. The number of rotatable bonds is 19. The van der Waals surface area contributed by atoms with Crippen LogP contribution < -0.4 is 24.8 Å². The molecular formula is C38H49N5O14S2. The summed E-state index contributed by atoms with van der Waals surface area (Å²) in [6.07, 6.45) is -4.21. The van der Waals surface area contributed by atoms with Gasteiger partial charge in [0.25, 0.3) is 10.1 Å². The van der Waals surface area contributed by atoms with Crippen molar-refractivity contribution in [3.05, 3.63) is 95.6 Å². The smallest absolute Gasteiger partial charge is 0.422 e. The van der Waals surface area contributed by atoms with E-state index in [4.69, 9.17) is 27.9 Å². The Morgan fingerprint density at radius 2 is 1.42 bits per heavy atom. The maximum absolute atomic E-state index is 14.1. The molecule has 0 radical (unpaired) electrons. The number of hydrogen-bond acceptors (Lipinski definition) is 14. The third kappa shape index (κ3) is 14.6. The molecule has 3 atom stereocenters. The molecule has 1 aliphatic heterocycles. The first-order valence-corrected chi connectivity index (χ1v) is 21.3. The van der Waals surface area contributed by atoms with E-state index in [0.717, 1.165) is 6.26 Å². The number of methoxy groups -OCH3 is 2. The predicted octanol–water partition coefficient (Wildman–Crippen LogP) is 3.05. The SMILES string of the molecule is COc1ccc(CN2C(=O)[C@@H](NC(=O)OCc3ccccc3)[C@H]2CN(C[C@H](CNC(=O)OC(C)(C)C)OS(C)(=O)=O)S(=O)(=O)NC(=O)OCc2ccccc2)c(OC)c1. The number of nitrogens with one attached hydrogen (secondary N) is 3. The van der Waals surface area contributed by atoms with E-state index in [1.165, 1.54) is 19.1 Å². The maximum Gasteiger partial charge on any atom is 0.422 e. The number of hydrogen-bond donors (Lipinski definition) is 3. The molecule has 3 aromatic carbocycles. The molecule has 19 nitrogen and oxygen atoms in total. The number of carbonyl (C=O) groups excluding carboxylic acids is 4. The van der Waals surface area contributed by atoms with Gasteiger partial charge in [0.2, 0.25) is 5.91 Å². The molecule has 3 aromatic rings. The first-order valence-electron chi connectivity index (χ1n) is 18.1. The first-order chi connectivity index (χ1) is 27.8. The van der Waals surface area contributed by atoms with Crippen LogP contribution in [0.3, 0.4) is 0 Å². The van der Waals surface area contributed by atoms with Crippen LogP contribution in [0.4, 0.5) is 14.4 Å². The minimum absolute atomic E-state index is 0.143. The molecule has 0 bridgehead atoms. The highest BCUT2D eigenvalue weighted by atomic mass is 32.2. The third-order valence-electron chi connectivity index (χ3n) is 8.40. The summed E-state index contributed by atoms with van der Waals surface area (Å²) < 4.78 is 87.2. The van der Waals surface area contributed by atoms with E-state index in [1.807, 2.05) is 4.72 Å². The quantitative estimate of drug-likeness (QED) is 0.0893. The van der Waals surface area contributed by atoms with E-state index in [2.05, 4.69) is 10.6 Å². The van der Waals surface area contributed by atoms with Gasteiger partial charge in [-0.15, -0.1) is 0 Å². The Morgan fingerprint density at radius 1 is 0.831 bits per heavy atom. The van der Waals surface area contributed by atoms with E-state index < -0.39 is 87.9 Å². The molecule has 1 heterocycles. The van der Waals surface area contributed by atoms with Crippen LogP contribution in [0.1, 0.15) is 37.5 Å². The molecule has 322 valence electrons. The number of likely N-dealkylation sites (tertiary alicyclic amines) is 1. The lowest BCUT2D eigenvalue weighted by Gasteiger charge is -2.48. The summed E-state index contributed by atoms with van der Waals surface area (Å²) in [4.78, 5) is 53.6. The third-order valence-corrected chi connectivity index (χ3v) is 10.4. The number of carbonyl (C=O) groups is 4. The molecule has 1 fully saturated rings. The van der Waals surface area contributed by atoms with Crippen LogP contribution in [0.5, 0.6) is 11.5 Å². The van der Waals surface area contributed by atoms with Gasteiger partial charge in [-0.05, 0) is 44.0 Å². The number of ether oxygens (including phenoxy) is 5. The van der Waals surface area contributed by atoms with Crippen molar-refractivity contribution in [2.24, 2.45) is 0 Å². The fourth-order valence-electron chi connectivity index (χ4n) is 5.74. The average Bonchev–Trinajstić information content (AvgIpc) is 3.17. The Hall–Kier alpha value is -5.64. The molecule has 59 heavy (non-hydrogen) atoms. The van der Waals surface area contributed by atoms with Gasteiger partial charge >= 0.3 is 28.5 Å². The summed E-state index contributed by atoms with van der Waals surface area (Å²) in [6, 6.07) is 19.4. The van der Waals surface area contributed by atoms with Crippen LogP contribution in [-0.2, 0) is 63.3 Å². The number of nitrogens with zero attached hydrogens (tertiary/aromatic N) is 2. The fraction of sp³-hybridized carbons (Fsp3) is 0.421. The van der Waals surface area contributed by atoms with Crippen LogP contribution in [-0.4, -0.2) is 114 Å². The van der Waals surface area contributed by atoms with E-state index in [0.29, 0.717) is 32.5 Å². The van der Waals surface area contributed by atoms with Gasteiger partial charge < -0.3 is 39.2 Å². The summed E-state index contributed by atoms with van der Waals surface area (Å²) in [7, 11) is -6.41. The zero-order valence-electron chi connectivity index (χ0n) is 33.4. The van der Waals surface area contributed by atoms with Crippen molar-refractivity contribution in [1.82, 2.24) is 24.6 Å². The molecule has 0 unspecified atom stereocenters. The number of amides is 4. The van der Waals surface area contributed by atoms with Gasteiger partial charge in [-0.2, -0.15) is 21.1 Å². The molecule has 4 amide bonds. The summed E-state index contributed by atoms with van der Waals surface area (Å²) in [5, 5.41) is 4.87. The lowest BCUT2D eigenvalue weighted by molar-refractivity contribution is -0.152. The highest BCUT2D eigenvalue weighted by Gasteiger charge is 2.50. The fourth-order valence-corrected chi connectivity index (χ4v) is 7.47. The van der Waals surface area contributed by atoms with Crippen molar-refractivity contribution < 1.29 is 63.9 Å². The van der Waals surface area contributed by atoms with Gasteiger partial charge in [-0.25, -0.2) is 19.1 Å². The van der Waals surface area contributed by atoms with Crippen molar-refractivity contribution in [1.29, 1.82) is 0 Å². The molecule has 0 aliphatic carbocycles. The minimum atomic E-state index is -4.98. The van der Waals surface area contributed by atoms with Gasteiger partial charge in [0.15, 0.2) is 0 Å². The highest BCUT2D eigenvalue weighted by Crippen LogP contribution is 2.31. The number of alkyl carbamates (subject to hydrolysis) is 2. The second kappa shape index (κ2) is 20.4. The second-order valence-electron chi connectivity index (χ2n) is 14.2. The van der Waals surface area contributed by atoms with Crippen molar-refractivity contribution in [3.63, 3.8) is 0 Å². The second-order valence-corrected chi connectivity index (χ2v) is 17.5. The van der Waals surface area contributed by atoms with Crippen LogP contribution in [0.15, 0.2) is 78.9 Å². The Kier molecular flexibility index (Phi) is 15.9. The summed E-state index contributed by atoms with van der Waals surface area (Å²) >= 11 is 0. The Balaban J connectivity index is 1.68. The summed E-state index contributed by atoms with van der Waals surface area (Å²) in [5.41, 5.74) is 0.756. The maximum atomic E-state index is 14.1. The predicted molar refractivity (Wildman–Crippen MR) is 212 cm³/mol. The van der Waals surface area contributed by atoms with Gasteiger partial charge in [0.1, 0.15) is 42.5 Å². The van der Waals surface area contributed by atoms with Crippen LogP contribution in [0, 0.1) is 0 Å². The topological polar surface area (TPSA) is 235 Å². The normalized spacial score (nSPS) is 16.0. The van der Waals surface area contributed by atoms with E-state index in [9.17, 15) is 36.0 Å².